The summed E-state index contributed by atoms with van der Waals surface area (Å²) in [4.78, 5) is 12.9. The van der Waals surface area contributed by atoms with Crippen LogP contribution in [0, 0.1) is 0 Å². The molecule has 2 aliphatic rings. The van der Waals surface area contributed by atoms with Crippen molar-refractivity contribution in [1.29, 1.82) is 0 Å². The van der Waals surface area contributed by atoms with E-state index in [9.17, 15) is 4.79 Å². The van der Waals surface area contributed by atoms with E-state index in [0.717, 1.165) is 13.0 Å². The SMILES string of the molecule is C[C@@]12CCC(=O)N1CCO2. The van der Waals surface area contributed by atoms with Crippen molar-refractivity contribution in [1.82, 2.24) is 4.90 Å². The second kappa shape index (κ2) is 1.72. The van der Waals surface area contributed by atoms with Gasteiger partial charge in [0.15, 0.2) is 0 Å². The monoisotopic (exact) mass is 141 g/mol. The standard InChI is InChI=1S/C7H11NO2/c1-7-3-2-6(9)8(7)4-5-10-7/h2-5H2,1H3/t7-/m1/s1. The first kappa shape index (κ1) is 6.16. The molecule has 0 saturated carbocycles. The van der Waals surface area contributed by atoms with Crippen LogP contribution in [-0.4, -0.2) is 29.7 Å². The van der Waals surface area contributed by atoms with Gasteiger partial charge in [0.25, 0.3) is 0 Å². The zero-order valence-corrected chi connectivity index (χ0v) is 6.09. The van der Waals surface area contributed by atoms with Crippen LogP contribution < -0.4 is 0 Å². The third-order valence-corrected chi connectivity index (χ3v) is 2.40. The molecule has 0 radical (unpaired) electrons. The van der Waals surface area contributed by atoms with E-state index in [2.05, 4.69) is 0 Å². The lowest BCUT2D eigenvalue weighted by Gasteiger charge is -2.25. The quantitative estimate of drug-likeness (QED) is 0.487. The highest BCUT2D eigenvalue weighted by atomic mass is 16.5. The molecule has 2 aliphatic heterocycles. The van der Waals surface area contributed by atoms with E-state index in [0.29, 0.717) is 13.0 Å². The van der Waals surface area contributed by atoms with Crippen LogP contribution in [0.2, 0.25) is 0 Å². The Hall–Kier alpha value is -0.570. The van der Waals surface area contributed by atoms with Crippen molar-refractivity contribution >= 4 is 5.91 Å². The predicted octanol–water partition coefficient (Wildman–Crippen LogP) is 0.355. The Morgan fingerprint density at radius 1 is 1.70 bits per heavy atom. The van der Waals surface area contributed by atoms with E-state index >= 15 is 0 Å². The van der Waals surface area contributed by atoms with Crippen molar-refractivity contribution in [2.45, 2.75) is 25.5 Å². The molecule has 2 heterocycles. The first-order valence-corrected chi connectivity index (χ1v) is 3.67. The van der Waals surface area contributed by atoms with Gasteiger partial charge in [0, 0.05) is 19.4 Å². The van der Waals surface area contributed by atoms with Gasteiger partial charge < -0.3 is 9.64 Å². The zero-order valence-electron chi connectivity index (χ0n) is 6.09. The van der Waals surface area contributed by atoms with Gasteiger partial charge in [-0.2, -0.15) is 0 Å². The first-order chi connectivity index (χ1) is 4.72. The largest absolute Gasteiger partial charge is 0.354 e. The van der Waals surface area contributed by atoms with Gasteiger partial charge in [0.05, 0.1) is 6.61 Å². The summed E-state index contributed by atoms with van der Waals surface area (Å²) in [6, 6.07) is 0. The maximum Gasteiger partial charge on any atom is 0.225 e. The number of nitrogens with zero attached hydrogens (tertiary/aromatic N) is 1. The molecule has 1 atom stereocenters. The summed E-state index contributed by atoms with van der Waals surface area (Å²) in [6.07, 6.45) is 1.53. The molecular formula is C7H11NO2. The number of carbonyl (C=O) groups is 1. The van der Waals surface area contributed by atoms with Crippen LogP contribution in [0.1, 0.15) is 19.8 Å². The Kier molecular flexibility index (Phi) is 1.06. The first-order valence-electron chi connectivity index (χ1n) is 3.67. The minimum Gasteiger partial charge on any atom is -0.354 e. The van der Waals surface area contributed by atoms with Crippen LogP contribution in [0.3, 0.4) is 0 Å². The molecule has 3 nitrogen and oxygen atoms in total. The summed E-state index contributed by atoms with van der Waals surface area (Å²) >= 11 is 0. The summed E-state index contributed by atoms with van der Waals surface area (Å²) in [5.74, 6) is 0.250. The van der Waals surface area contributed by atoms with Crippen LogP contribution in [0.4, 0.5) is 0 Å². The molecular weight excluding hydrogens is 130 g/mol. The van der Waals surface area contributed by atoms with Gasteiger partial charge in [0.1, 0.15) is 5.72 Å². The molecule has 0 bridgehead atoms. The Balaban J connectivity index is 2.27. The fourth-order valence-electron chi connectivity index (χ4n) is 1.74. The van der Waals surface area contributed by atoms with Gasteiger partial charge in [0.2, 0.25) is 5.91 Å². The second-order valence-corrected chi connectivity index (χ2v) is 3.07. The Morgan fingerprint density at radius 2 is 2.50 bits per heavy atom. The maximum atomic E-state index is 11.1. The fourth-order valence-corrected chi connectivity index (χ4v) is 1.74. The van der Waals surface area contributed by atoms with E-state index < -0.39 is 0 Å². The lowest BCUT2D eigenvalue weighted by molar-refractivity contribution is -0.134. The minimum absolute atomic E-state index is 0.239. The van der Waals surface area contributed by atoms with Crippen molar-refractivity contribution in [2.24, 2.45) is 0 Å². The second-order valence-electron chi connectivity index (χ2n) is 3.07. The van der Waals surface area contributed by atoms with Crippen molar-refractivity contribution in [3.8, 4) is 0 Å². The molecule has 0 unspecified atom stereocenters. The van der Waals surface area contributed by atoms with Crippen LogP contribution >= 0.6 is 0 Å². The number of fused-ring (bicyclic) bond motifs is 1. The van der Waals surface area contributed by atoms with Gasteiger partial charge in [-0.25, -0.2) is 0 Å². The molecule has 2 rings (SSSR count). The minimum atomic E-state index is -0.239. The molecule has 1 amide bonds. The van der Waals surface area contributed by atoms with Crippen molar-refractivity contribution in [3.05, 3.63) is 0 Å². The summed E-state index contributed by atoms with van der Waals surface area (Å²) in [5.41, 5.74) is -0.239. The number of rotatable bonds is 0. The third-order valence-electron chi connectivity index (χ3n) is 2.40. The number of hydrogen-bond acceptors (Lipinski definition) is 2. The van der Waals surface area contributed by atoms with E-state index in [-0.39, 0.29) is 11.6 Å². The highest BCUT2D eigenvalue weighted by molar-refractivity contribution is 5.79. The number of amides is 1. The summed E-state index contributed by atoms with van der Waals surface area (Å²) in [6.45, 7) is 3.49. The zero-order chi connectivity index (χ0) is 7.19. The Morgan fingerprint density at radius 3 is 3.20 bits per heavy atom. The van der Waals surface area contributed by atoms with E-state index in [1.165, 1.54) is 0 Å². The van der Waals surface area contributed by atoms with E-state index in [1.54, 1.807) is 0 Å². The number of ether oxygens (including phenoxy) is 1. The van der Waals surface area contributed by atoms with Gasteiger partial charge in [-0.15, -0.1) is 0 Å². The molecule has 0 spiro atoms. The van der Waals surface area contributed by atoms with Gasteiger partial charge in [-0.3, -0.25) is 4.79 Å². The van der Waals surface area contributed by atoms with E-state index in [4.69, 9.17) is 4.74 Å². The molecule has 2 saturated heterocycles. The molecule has 0 aromatic heterocycles. The molecule has 3 heteroatoms. The molecule has 10 heavy (non-hydrogen) atoms. The smallest absolute Gasteiger partial charge is 0.225 e. The molecule has 56 valence electrons. The van der Waals surface area contributed by atoms with Gasteiger partial charge in [-0.05, 0) is 6.92 Å². The van der Waals surface area contributed by atoms with Crippen molar-refractivity contribution in [2.75, 3.05) is 13.2 Å². The number of hydrogen-bond donors (Lipinski definition) is 0. The molecule has 0 aliphatic carbocycles. The van der Waals surface area contributed by atoms with Crippen molar-refractivity contribution in [3.63, 3.8) is 0 Å². The van der Waals surface area contributed by atoms with Gasteiger partial charge >= 0.3 is 0 Å². The summed E-state index contributed by atoms with van der Waals surface area (Å²) in [5, 5.41) is 0. The summed E-state index contributed by atoms with van der Waals surface area (Å²) in [7, 11) is 0. The fraction of sp³-hybridized carbons (Fsp3) is 0.857. The average Bonchev–Trinajstić information content (AvgIpc) is 2.35. The topological polar surface area (TPSA) is 29.5 Å². The lowest BCUT2D eigenvalue weighted by atomic mass is 10.2. The van der Waals surface area contributed by atoms with Crippen LogP contribution in [0.5, 0.6) is 0 Å². The molecule has 2 fully saturated rings. The predicted molar refractivity (Wildman–Crippen MR) is 35.3 cm³/mol. The highest BCUT2D eigenvalue weighted by Gasteiger charge is 2.45. The Bertz CT molecular complexity index is 180. The summed E-state index contributed by atoms with van der Waals surface area (Å²) < 4.78 is 5.44. The van der Waals surface area contributed by atoms with E-state index in [1.807, 2.05) is 11.8 Å². The van der Waals surface area contributed by atoms with Crippen LogP contribution in [0.15, 0.2) is 0 Å². The molecule has 0 aromatic rings. The maximum absolute atomic E-state index is 11.1. The lowest BCUT2D eigenvalue weighted by Crippen LogP contribution is -2.38. The average molecular weight is 141 g/mol. The van der Waals surface area contributed by atoms with Crippen LogP contribution in [-0.2, 0) is 9.53 Å². The van der Waals surface area contributed by atoms with Crippen LogP contribution in [0.25, 0.3) is 0 Å². The Labute approximate surface area is 60.0 Å². The molecule has 0 aromatic carbocycles. The highest BCUT2D eigenvalue weighted by Crippen LogP contribution is 2.34. The third kappa shape index (κ3) is 0.611. The molecule has 0 N–H and O–H groups in total. The normalized spacial score (nSPS) is 38.9. The van der Waals surface area contributed by atoms with Crippen molar-refractivity contribution < 1.29 is 9.53 Å². The number of carbonyl (C=O) groups excluding carboxylic acids is 1. The van der Waals surface area contributed by atoms with Gasteiger partial charge in [-0.1, -0.05) is 0 Å².